The fraction of sp³-hybridized carbons (Fsp3) is 0.361. The summed E-state index contributed by atoms with van der Waals surface area (Å²) in [6.45, 7) is 15.5. The molecule has 6 nitrogen and oxygen atoms in total. The first-order chi connectivity index (χ1) is 21.6. The van der Waals surface area contributed by atoms with E-state index in [1.807, 2.05) is 29.2 Å². The molecule has 4 N–H and O–H groups in total. The Bertz CT molecular complexity index is 1640. The monoisotopic (exact) mass is 614 g/mol. The first kappa shape index (κ1) is 32.0. The number of nitrogens with one attached hydrogen (secondary N) is 2. The number of halogens is 3. The van der Waals surface area contributed by atoms with E-state index in [9.17, 15) is 13.2 Å². The highest BCUT2D eigenvalue weighted by Gasteiger charge is 2.41. The average Bonchev–Trinajstić information content (AvgIpc) is 3.73. The van der Waals surface area contributed by atoms with Crippen molar-refractivity contribution in [1.29, 1.82) is 0 Å². The number of rotatable bonds is 11. The quantitative estimate of drug-likeness (QED) is 0.163. The molecule has 1 aromatic heterocycles. The SMILES string of the molecule is C=C(N/C=C\N)C(c1ncn2c1CCC2)N1Cc2c(cc(C#Cc3ccc(CNCCC(C)CC)cc3)cc2C(F)(F)F)C1=C. The highest BCUT2D eigenvalue weighted by molar-refractivity contribution is 5.73. The minimum atomic E-state index is -4.57. The zero-order valence-electron chi connectivity index (χ0n) is 26.0. The van der Waals surface area contributed by atoms with Crippen LogP contribution in [0.4, 0.5) is 13.2 Å². The van der Waals surface area contributed by atoms with E-state index in [0.29, 0.717) is 22.9 Å². The first-order valence-electron chi connectivity index (χ1n) is 15.5. The Balaban J connectivity index is 1.41. The van der Waals surface area contributed by atoms with Gasteiger partial charge in [0.15, 0.2) is 0 Å². The average molecular weight is 615 g/mol. The minimum absolute atomic E-state index is 0.00752. The van der Waals surface area contributed by atoms with Gasteiger partial charge in [-0.15, -0.1) is 0 Å². The van der Waals surface area contributed by atoms with Crippen LogP contribution in [0, 0.1) is 17.8 Å². The molecule has 2 unspecified atom stereocenters. The first-order valence-corrected chi connectivity index (χ1v) is 15.5. The summed E-state index contributed by atoms with van der Waals surface area (Å²) in [7, 11) is 0. The van der Waals surface area contributed by atoms with Gasteiger partial charge in [-0.2, -0.15) is 13.2 Å². The summed E-state index contributed by atoms with van der Waals surface area (Å²) < 4.78 is 45.5. The van der Waals surface area contributed by atoms with Crippen molar-refractivity contribution >= 4 is 5.70 Å². The molecule has 2 aliphatic rings. The van der Waals surface area contributed by atoms with Crippen LogP contribution in [0.1, 0.15) is 83.9 Å². The molecule has 2 aliphatic heterocycles. The molecule has 0 amide bonds. The topological polar surface area (TPSA) is 71.1 Å². The molecule has 0 aliphatic carbocycles. The van der Waals surface area contributed by atoms with Crippen molar-refractivity contribution in [1.82, 2.24) is 25.1 Å². The fourth-order valence-electron chi connectivity index (χ4n) is 6.00. The normalized spacial score (nSPS) is 15.5. The second kappa shape index (κ2) is 13.7. The number of alkyl halides is 3. The third-order valence-electron chi connectivity index (χ3n) is 8.74. The predicted molar refractivity (Wildman–Crippen MR) is 173 cm³/mol. The maximum Gasteiger partial charge on any atom is 0.416 e. The molecule has 2 atom stereocenters. The van der Waals surface area contributed by atoms with Gasteiger partial charge >= 0.3 is 6.18 Å². The molecule has 0 spiro atoms. The Kier molecular flexibility index (Phi) is 9.74. The lowest BCUT2D eigenvalue weighted by molar-refractivity contribution is -0.138. The van der Waals surface area contributed by atoms with E-state index >= 15 is 0 Å². The largest absolute Gasteiger partial charge is 0.416 e. The highest BCUT2D eigenvalue weighted by atomic mass is 19.4. The van der Waals surface area contributed by atoms with Crippen LogP contribution < -0.4 is 16.4 Å². The summed E-state index contributed by atoms with van der Waals surface area (Å²) in [4.78, 5) is 6.51. The summed E-state index contributed by atoms with van der Waals surface area (Å²) in [6, 6.07) is 10.1. The van der Waals surface area contributed by atoms with Crippen molar-refractivity contribution in [3.05, 3.63) is 119 Å². The van der Waals surface area contributed by atoms with Crippen molar-refractivity contribution in [3.8, 4) is 11.8 Å². The lowest BCUT2D eigenvalue weighted by Crippen LogP contribution is -2.29. The van der Waals surface area contributed by atoms with Gasteiger partial charge in [-0.25, -0.2) is 4.98 Å². The number of hydrogen-bond acceptors (Lipinski definition) is 5. The molecule has 236 valence electrons. The number of aromatic nitrogens is 2. The Morgan fingerprint density at radius 1 is 1.18 bits per heavy atom. The number of nitrogens with two attached hydrogens (primary N) is 1. The maximum absolute atomic E-state index is 14.5. The van der Waals surface area contributed by atoms with Gasteiger partial charge in [-0.05, 0) is 67.1 Å². The lowest BCUT2D eigenvalue weighted by Gasteiger charge is -2.31. The maximum atomic E-state index is 14.5. The zero-order chi connectivity index (χ0) is 32.1. The van der Waals surface area contributed by atoms with Crippen LogP contribution in [0.3, 0.4) is 0 Å². The molecule has 0 fully saturated rings. The van der Waals surface area contributed by atoms with Gasteiger partial charge in [0, 0.05) is 65.8 Å². The third-order valence-corrected chi connectivity index (χ3v) is 8.74. The van der Waals surface area contributed by atoms with E-state index in [2.05, 4.69) is 59.0 Å². The van der Waals surface area contributed by atoms with E-state index < -0.39 is 17.8 Å². The number of benzene rings is 2. The molecular formula is C36H41F3N6. The molecule has 2 aromatic carbocycles. The number of hydrogen-bond donors (Lipinski definition) is 3. The molecule has 0 saturated carbocycles. The van der Waals surface area contributed by atoms with Crippen LogP contribution in [0.2, 0.25) is 0 Å². The molecular weight excluding hydrogens is 573 g/mol. The van der Waals surface area contributed by atoms with E-state index in [1.165, 1.54) is 12.6 Å². The molecule has 3 heterocycles. The van der Waals surface area contributed by atoms with Crippen LogP contribution in [0.15, 0.2) is 74.0 Å². The highest BCUT2D eigenvalue weighted by Crippen LogP contribution is 2.46. The Labute approximate surface area is 263 Å². The Morgan fingerprint density at radius 3 is 2.64 bits per heavy atom. The second-order valence-corrected chi connectivity index (χ2v) is 11.9. The zero-order valence-corrected chi connectivity index (χ0v) is 26.0. The van der Waals surface area contributed by atoms with Gasteiger partial charge in [-0.3, -0.25) is 0 Å². The molecule has 0 bridgehead atoms. The Hall–Kier alpha value is -4.42. The smallest absolute Gasteiger partial charge is 0.403 e. The van der Waals surface area contributed by atoms with E-state index in [4.69, 9.17) is 5.73 Å². The van der Waals surface area contributed by atoms with Crippen molar-refractivity contribution < 1.29 is 13.2 Å². The van der Waals surface area contributed by atoms with Crippen molar-refractivity contribution in [2.75, 3.05) is 6.54 Å². The summed E-state index contributed by atoms with van der Waals surface area (Å²) >= 11 is 0. The van der Waals surface area contributed by atoms with Crippen molar-refractivity contribution in [3.63, 3.8) is 0 Å². The molecule has 3 aromatic rings. The summed E-state index contributed by atoms with van der Waals surface area (Å²) in [5.74, 6) is 6.72. The van der Waals surface area contributed by atoms with Gasteiger partial charge < -0.3 is 25.8 Å². The second-order valence-electron chi connectivity index (χ2n) is 11.9. The third kappa shape index (κ3) is 7.12. The van der Waals surface area contributed by atoms with Crippen LogP contribution in [-0.4, -0.2) is 21.0 Å². The van der Waals surface area contributed by atoms with E-state index in [1.54, 1.807) is 18.6 Å². The van der Waals surface area contributed by atoms with E-state index in [0.717, 1.165) is 67.5 Å². The summed E-state index contributed by atoms with van der Waals surface area (Å²) in [5, 5.41) is 6.54. The molecule has 9 heteroatoms. The number of aryl methyl sites for hydroxylation is 1. The van der Waals surface area contributed by atoms with Gasteiger partial charge in [0.05, 0.1) is 17.6 Å². The van der Waals surface area contributed by atoms with Gasteiger partial charge in [0.2, 0.25) is 0 Å². The van der Waals surface area contributed by atoms with E-state index in [-0.39, 0.29) is 17.7 Å². The van der Waals surface area contributed by atoms with Gasteiger partial charge in [0.1, 0.15) is 6.04 Å². The molecule has 45 heavy (non-hydrogen) atoms. The predicted octanol–water partition coefficient (Wildman–Crippen LogP) is 6.83. The number of imidazole rings is 1. The Morgan fingerprint density at radius 2 is 1.93 bits per heavy atom. The van der Waals surface area contributed by atoms with Crippen molar-refractivity contribution in [2.45, 2.75) is 71.4 Å². The number of fused-ring (bicyclic) bond motifs is 2. The summed E-state index contributed by atoms with van der Waals surface area (Å²) in [5.41, 5.74) is 10.4. The number of nitrogens with zero attached hydrogens (tertiary/aromatic N) is 3. The van der Waals surface area contributed by atoms with Crippen LogP contribution >= 0.6 is 0 Å². The van der Waals surface area contributed by atoms with Crippen molar-refractivity contribution in [2.24, 2.45) is 11.7 Å². The summed E-state index contributed by atoms with van der Waals surface area (Å²) in [6.07, 6.45) is 4.24. The molecule has 5 rings (SSSR count). The fourth-order valence-corrected chi connectivity index (χ4v) is 6.00. The molecule has 0 radical (unpaired) electrons. The van der Waals surface area contributed by atoms with Crippen LogP contribution in [0.5, 0.6) is 0 Å². The molecule has 0 saturated heterocycles. The van der Waals surface area contributed by atoms with Crippen LogP contribution in [-0.2, 0) is 32.2 Å². The lowest BCUT2D eigenvalue weighted by atomic mass is 9.98. The van der Waals surface area contributed by atoms with Gasteiger partial charge in [-0.1, -0.05) is 57.4 Å². The van der Waals surface area contributed by atoms with Gasteiger partial charge in [0.25, 0.3) is 0 Å². The van der Waals surface area contributed by atoms with Crippen LogP contribution in [0.25, 0.3) is 5.70 Å². The minimum Gasteiger partial charge on any atom is -0.403 e. The standard InChI is InChI=1S/C36H41F3N6/c1-5-24(2)14-16-41-21-28-11-8-27(9-12-28)10-13-29-19-30-26(4)45(22-31(30)32(20-29)36(37,38)39)35(25(3)42-17-15-40)34-33-7-6-18-44(33)23-43-34/h8-9,11-12,15,17,19-20,23-24,35,41-42H,3-7,14,16,18,21-22,40H2,1-2H3/b17-15-.